The molecular weight excluding hydrogens is 184 g/mol. The van der Waals surface area contributed by atoms with Crippen molar-refractivity contribution in [1.82, 2.24) is 10.2 Å². The van der Waals surface area contributed by atoms with Gasteiger partial charge in [0.15, 0.2) is 0 Å². The Morgan fingerprint density at radius 3 is 2.27 bits per heavy atom. The molecule has 1 rings (SSSR count). The Bertz CT molecular complexity index is 162. The molecular formula is C13H28N2. The predicted octanol–water partition coefficient (Wildman–Crippen LogP) is 2.49. The van der Waals surface area contributed by atoms with Gasteiger partial charge in [-0.3, -0.25) is 4.90 Å². The van der Waals surface area contributed by atoms with Crippen LogP contribution in [-0.2, 0) is 0 Å². The summed E-state index contributed by atoms with van der Waals surface area (Å²) in [7, 11) is 2.27. The molecule has 0 bridgehead atoms. The average Bonchev–Trinajstić information content (AvgIpc) is 3.06. The number of hydrogen-bond acceptors (Lipinski definition) is 2. The smallest absolute Gasteiger partial charge is 0.0192 e. The van der Waals surface area contributed by atoms with E-state index in [9.17, 15) is 0 Å². The molecule has 0 radical (unpaired) electrons. The molecule has 0 spiro atoms. The minimum absolute atomic E-state index is 0.687. The maximum atomic E-state index is 3.61. The first kappa shape index (κ1) is 13.0. The van der Waals surface area contributed by atoms with Crippen LogP contribution in [0, 0.1) is 5.92 Å². The van der Waals surface area contributed by atoms with E-state index in [0.29, 0.717) is 6.04 Å². The summed E-state index contributed by atoms with van der Waals surface area (Å²) in [4.78, 5) is 2.53. The first-order chi connectivity index (χ1) is 7.19. The molecule has 0 aromatic carbocycles. The van der Waals surface area contributed by atoms with E-state index in [2.05, 4.69) is 38.0 Å². The van der Waals surface area contributed by atoms with Crippen LogP contribution in [0.25, 0.3) is 0 Å². The van der Waals surface area contributed by atoms with Gasteiger partial charge in [-0.05, 0) is 39.3 Å². The Balaban J connectivity index is 2.07. The number of likely N-dealkylation sites (N-methyl/N-ethyl adjacent to an activating group) is 1. The summed E-state index contributed by atoms with van der Waals surface area (Å²) in [6, 6.07) is 1.57. The van der Waals surface area contributed by atoms with Crippen LogP contribution in [0.5, 0.6) is 0 Å². The van der Waals surface area contributed by atoms with Crippen LogP contribution in [0.3, 0.4) is 0 Å². The van der Waals surface area contributed by atoms with Crippen molar-refractivity contribution in [2.45, 2.75) is 58.5 Å². The maximum absolute atomic E-state index is 3.61. The lowest BCUT2D eigenvalue weighted by atomic mass is 10.0. The average molecular weight is 212 g/mol. The molecule has 15 heavy (non-hydrogen) atoms. The lowest BCUT2D eigenvalue weighted by molar-refractivity contribution is 0.238. The van der Waals surface area contributed by atoms with E-state index in [-0.39, 0.29) is 0 Å². The maximum Gasteiger partial charge on any atom is 0.0192 e. The quantitative estimate of drug-likeness (QED) is 0.665. The largest absolute Gasteiger partial charge is 0.315 e. The second-order valence-electron chi connectivity index (χ2n) is 5.09. The zero-order chi connectivity index (χ0) is 11.3. The van der Waals surface area contributed by atoms with Gasteiger partial charge in [0.1, 0.15) is 0 Å². The molecule has 90 valence electrons. The first-order valence-corrected chi connectivity index (χ1v) is 6.61. The summed E-state index contributed by atoms with van der Waals surface area (Å²) in [5.74, 6) is 0.864. The van der Waals surface area contributed by atoms with Gasteiger partial charge in [-0.1, -0.05) is 26.7 Å². The highest BCUT2D eigenvalue weighted by Gasteiger charge is 2.28. The highest BCUT2D eigenvalue weighted by Crippen LogP contribution is 2.26. The molecule has 1 saturated carbocycles. The molecule has 0 aromatic heterocycles. The van der Waals surface area contributed by atoms with Gasteiger partial charge in [0.2, 0.25) is 0 Å². The standard InChI is InChI=1S/C13H28N2/c1-5-12(6-2)10-14-9-11(3)15(4)13-7-8-13/h11-14H,5-10H2,1-4H3. The van der Waals surface area contributed by atoms with Crippen LogP contribution >= 0.6 is 0 Å². The highest BCUT2D eigenvalue weighted by atomic mass is 15.2. The highest BCUT2D eigenvalue weighted by molar-refractivity contribution is 4.85. The third-order valence-electron chi connectivity index (χ3n) is 3.85. The van der Waals surface area contributed by atoms with Crippen molar-refractivity contribution in [3.8, 4) is 0 Å². The zero-order valence-corrected chi connectivity index (χ0v) is 10.9. The minimum Gasteiger partial charge on any atom is -0.315 e. The Kier molecular flexibility index (Phi) is 5.62. The Labute approximate surface area is 95.4 Å². The third kappa shape index (κ3) is 4.52. The zero-order valence-electron chi connectivity index (χ0n) is 10.9. The van der Waals surface area contributed by atoms with Gasteiger partial charge in [0.25, 0.3) is 0 Å². The van der Waals surface area contributed by atoms with E-state index in [0.717, 1.165) is 18.5 Å². The van der Waals surface area contributed by atoms with Crippen LogP contribution in [0.4, 0.5) is 0 Å². The van der Waals surface area contributed by atoms with E-state index in [1.54, 1.807) is 0 Å². The molecule has 0 aliphatic heterocycles. The Hall–Kier alpha value is -0.0800. The second kappa shape index (κ2) is 6.49. The monoisotopic (exact) mass is 212 g/mol. The van der Waals surface area contributed by atoms with Crippen molar-refractivity contribution in [3.05, 3.63) is 0 Å². The van der Waals surface area contributed by atoms with Gasteiger partial charge in [-0.15, -0.1) is 0 Å². The molecule has 1 atom stereocenters. The summed E-state index contributed by atoms with van der Waals surface area (Å²) in [6.07, 6.45) is 5.42. The van der Waals surface area contributed by atoms with Crippen LogP contribution in [0.1, 0.15) is 46.5 Å². The van der Waals surface area contributed by atoms with Crippen molar-refractivity contribution >= 4 is 0 Å². The molecule has 1 fully saturated rings. The fraction of sp³-hybridized carbons (Fsp3) is 1.00. The summed E-state index contributed by atoms with van der Waals surface area (Å²) in [6.45, 7) is 9.24. The third-order valence-corrected chi connectivity index (χ3v) is 3.85. The Morgan fingerprint density at radius 1 is 1.20 bits per heavy atom. The first-order valence-electron chi connectivity index (χ1n) is 6.61. The van der Waals surface area contributed by atoms with Gasteiger partial charge >= 0.3 is 0 Å². The van der Waals surface area contributed by atoms with Crippen molar-refractivity contribution in [1.29, 1.82) is 0 Å². The lowest BCUT2D eigenvalue weighted by Gasteiger charge is -2.25. The molecule has 0 heterocycles. The van der Waals surface area contributed by atoms with Gasteiger partial charge in [-0.2, -0.15) is 0 Å². The van der Waals surface area contributed by atoms with E-state index in [1.165, 1.54) is 32.2 Å². The molecule has 2 heteroatoms. The Morgan fingerprint density at radius 2 is 1.80 bits per heavy atom. The summed E-state index contributed by atoms with van der Waals surface area (Å²) < 4.78 is 0. The molecule has 1 N–H and O–H groups in total. The molecule has 1 aliphatic rings. The van der Waals surface area contributed by atoms with Crippen molar-refractivity contribution < 1.29 is 0 Å². The summed E-state index contributed by atoms with van der Waals surface area (Å²) in [5, 5.41) is 3.61. The van der Waals surface area contributed by atoms with Gasteiger partial charge in [0, 0.05) is 18.6 Å². The second-order valence-corrected chi connectivity index (χ2v) is 5.09. The molecule has 1 aliphatic carbocycles. The molecule has 0 amide bonds. The van der Waals surface area contributed by atoms with Crippen LogP contribution in [-0.4, -0.2) is 37.1 Å². The summed E-state index contributed by atoms with van der Waals surface area (Å²) in [5.41, 5.74) is 0. The molecule has 0 saturated heterocycles. The van der Waals surface area contributed by atoms with Crippen LogP contribution in [0.2, 0.25) is 0 Å². The van der Waals surface area contributed by atoms with Gasteiger partial charge in [0.05, 0.1) is 0 Å². The van der Waals surface area contributed by atoms with E-state index >= 15 is 0 Å². The molecule has 2 nitrogen and oxygen atoms in total. The topological polar surface area (TPSA) is 15.3 Å². The van der Waals surface area contributed by atoms with Gasteiger partial charge in [-0.25, -0.2) is 0 Å². The lowest BCUT2D eigenvalue weighted by Crippen LogP contribution is -2.40. The molecule has 0 aromatic rings. The fourth-order valence-corrected chi connectivity index (χ4v) is 2.06. The van der Waals surface area contributed by atoms with Crippen LogP contribution < -0.4 is 5.32 Å². The minimum atomic E-state index is 0.687. The fourth-order valence-electron chi connectivity index (χ4n) is 2.06. The van der Waals surface area contributed by atoms with E-state index in [4.69, 9.17) is 0 Å². The van der Waals surface area contributed by atoms with Crippen molar-refractivity contribution in [2.24, 2.45) is 5.92 Å². The normalized spacial score (nSPS) is 18.8. The molecule has 1 unspecified atom stereocenters. The SMILES string of the molecule is CCC(CC)CNCC(C)N(C)C1CC1. The number of hydrogen-bond donors (Lipinski definition) is 1. The van der Waals surface area contributed by atoms with E-state index in [1.807, 2.05) is 0 Å². The van der Waals surface area contributed by atoms with Crippen molar-refractivity contribution in [2.75, 3.05) is 20.1 Å². The number of nitrogens with one attached hydrogen (secondary N) is 1. The van der Waals surface area contributed by atoms with Crippen molar-refractivity contribution in [3.63, 3.8) is 0 Å². The van der Waals surface area contributed by atoms with E-state index < -0.39 is 0 Å². The van der Waals surface area contributed by atoms with Crippen LogP contribution in [0.15, 0.2) is 0 Å². The predicted molar refractivity (Wildman–Crippen MR) is 67.2 cm³/mol. The van der Waals surface area contributed by atoms with Gasteiger partial charge < -0.3 is 5.32 Å². The summed E-state index contributed by atoms with van der Waals surface area (Å²) >= 11 is 0. The number of rotatable bonds is 8. The number of nitrogens with zero attached hydrogens (tertiary/aromatic N) is 1.